The number of hydrogen-bond donors (Lipinski definition) is 0. The Morgan fingerprint density at radius 3 is 2.50 bits per heavy atom. The van der Waals surface area contributed by atoms with E-state index in [-0.39, 0.29) is 6.79 Å². The van der Waals surface area contributed by atoms with E-state index < -0.39 is 5.63 Å². The van der Waals surface area contributed by atoms with Crippen molar-refractivity contribution >= 4 is 45.1 Å². The predicted octanol–water partition coefficient (Wildman–Crippen LogP) is 5.55. The van der Waals surface area contributed by atoms with Crippen molar-refractivity contribution in [1.29, 1.82) is 0 Å². The van der Waals surface area contributed by atoms with Crippen molar-refractivity contribution in [1.82, 2.24) is 0 Å². The monoisotopic (exact) mass is 388 g/mol. The molecule has 0 saturated carbocycles. The van der Waals surface area contributed by atoms with Crippen molar-refractivity contribution in [3.8, 4) is 22.8 Å². The summed E-state index contributed by atoms with van der Waals surface area (Å²) >= 11 is 12.4. The van der Waals surface area contributed by atoms with Crippen molar-refractivity contribution in [3.05, 3.63) is 56.4 Å². The summed E-state index contributed by atoms with van der Waals surface area (Å²) in [5.41, 5.74) is 1.84. The van der Waals surface area contributed by atoms with Gasteiger partial charge in [0.05, 0.1) is 5.02 Å². The van der Waals surface area contributed by atoms with Crippen LogP contribution in [0.2, 0.25) is 10.0 Å². The van der Waals surface area contributed by atoms with Crippen LogP contribution in [0, 0.1) is 6.92 Å². The maximum absolute atomic E-state index is 12.1. The van der Waals surface area contributed by atoms with Gasteiger partial charge in [0, 0.05) is 39.1 Å². The molecule has 26 heavy (non-hydrogen) atoms. The molecule has 7 heteroatoms. The first-order valence-corrected chi connectivity index (χ1v) is 8.53. The molecule has 5 nitrogen and oxygen atoms in total. The normalized spacial score (nSPS) is 13.0. The number of fused-ring (bicyclic) bond motifs is 3. The van der Waals surface area contributed by atoms with Crippen LogP contribution in [-0.2, 0) is 0 Å². The van der Waals surface area contributed by atoms with Crippen molar-refractivity contribution in [2.45, 2.75) is 6.92 Å². The van der Waals surface area contributed by atoms with Crippen LogP contribution in [0.3, 0.4) is 0 Å². The number of benzene rings is 2. The maximum Gasteiger partial charge on any atom is 0.336 e. The number of halogens is 2. The molecule has 0 atom stereocenters. The van der Waals surface area contributed by atoms with Gasteiger partial charge in [0.15, 0.2) is 17.1 Å². The molecule has 0 spiro atoms. The topological polar surface area (TPSA) is 61.8 Å². The highest BCUT2D eigenvalue weighted by Gasteiger charge is 2.22. The fourth-order valence-electron chi connectivity index (χ4n) is 3.24. The third-order valence-electron chi connectivity index (χ3n) is 4.44. The molecule has 3 heterocycles. The molecule has 4 aromatic rings. The lowest BCUT2D eigenvalue weighted by Gasteiger charge is -2.05. The highest BCUT2D eigenvalue weighted by atomic mass is 35.5. The number of rotatable bonds is 1. The summed E-state index contributed by atoms with van der Waals surface area (Å²) in [6.07, 6.45) is 0. The molecular formula is C19H10Cl2O5. The molecule has 0 aliphatic carbocycles. The Hall–Kier alpha value is -2.63. The summed E-state index contributed by atoms with van der Waals surface area (Å²) in [6, 6.07) is 8.22. The number of aryl methyl sites for hydroxylation is 1. The van der Waals surface area contributed by atoms with Gasteiger partial charge in [-0.15, -0.1) is 0 Å². The Morgan fingerprint density at radius 2 is 1.69 bits per heavy atom. The molecule has 0 amide bonds. The van der Waals surface area contributed by atoms with Gasteiger partial charge < -0.3 is 18.3 Å². The standard InChI is InChI=1S/C19H10Cl2O5/c1-8-10-2-9(20)3-13(21)19(10)26-18(8)12-5-17(22)25-14-6-16-15(4-11(12)14)23-7-24-16/h2-6H,7H2,1H3. The molecule has 2 aromatic heterocycles. The van der Waals surface area contributed by atoms with Crippen molar-refractivity contribution in [2.24, 2.45) is 0 Å². The van der Waals surface area contributed by atoms with Crippen LogP contribution >= 0.6 is 23.2 Å². The van der Waals surface area contributed by atoms with Gasteiger partial charge in [-0.1, -0.05) is 23.2 Å². The van der Waals surface area contributed by atoms with Gasteiger partial charge in [-0.2, -0.15) is 0 Å². The molecule has 2 aromatic carbocycles. The second-order valence-electron chi connectivity index (χ2n) is 6.00. The fraction of sp³-hybridized carbons (Fsp3) is 0.105. The average Bonchev–Trinajstić information content (AvgIpc) is 3.17. The molecule has 5 rings (SSSR count). The summed E-state index contributed by atoms with van der Waals surface area (Å²) in [7, 11) is 0. The molecule has 0 fully saturated rings. The van der Waals surface area contributed by atoms with Crippen LogP contribution in [0.1, 0.15) is 5.56 Å². The Balaban J connectivity index is 1.87. The minimum atomic E-state index is -0.490. The van der Waals surface area contributed by atoms with Crippen LogP contribution in [-0.4, -0.2) is 6.79 Å². The molecule has 0 unspecified atom stereocenters. The molecule has 1 aliphatic rings. The van der Waals surface area contributed by atoms with Gasteiger partial charge in [-0.25, -0.2) is 4.79 Å². The van der Waals surface area contributed by atoms with Crippen molar-refractivity contribution < 1.29 is 18.3 Å². The van der Waals surface area contributed by atoms with Gasteiger partial charge in [0.2, 0.25) is 6.79 Å². The number of furan rings is 1. The van der Waals surface area contributed by atoms with Gasteiger partial charge in [0.1, 0.15) is 11.3 Å². The lowest BCUT2D eigenvalue weighted by Crippen LogP contribution is -1.98. The van der Waals surface area contributed by atoms with Crippen LogP contribution in [0.25, 0.3) is 33.3 Å². The van der Waals surface area contributed by atoms with E-state index in [1.807, 2.05) is 6.92 Å². The van der Waals surface area contributed by atoms with E-state index in [1.54, 1.807) is 24.3 Å². The Kier molecular flexibility index (Phi) is 3.26. The van der Waals surface area contributed by atoms with Crippen molar-refractivity contribution in [3.63, 3.8) is 0 Å². The van der Waals surface area contributed by atoms with Gasteiger partial charge in [-0.3, -0.25) is 0 Å². The number of hydrogen-bond acceptors (Lipinski definition) is 5. The number of ether oxygens (including phenoxy) is 2. The smallest absolute Gasteiger partial charge is 0.336 e. The van der Waals surface area contributed by atoms with E-state index in [0.717, 1.165) is 10.9 Å². The van der Waals surface area contributed by atoms with E-state index in [2.05, 4.69) is 0 Å². The Labute approximate surface area is 156 Å². The van der Waals surface area contributed by atoms with E-state index in [1.165, 1.54) is 6.07 Å². The zero-order valence-electron chi connectivity index (χ0n) is 13.4. The maximum atomic E-state index is 12.1. The molecule has 0 saturated heterocycles. The lowest BCUT2D eigenvalue weighted by atomic mass is 10.0. The van der Waals surface area contributed by atoms with Gasteiger partial charge in [-0.05, 0) is 25.1 Å². The third kappa shape index (κ3) is 2.21. The quantitative estimate of drug-likeness (QED) is 0.400. The largest absolute Gasteiger partial charge is 0.454 e. The second kappa shape index (κ2) is 5.43. The summed E-state index contributed by atoms with van der Waals surface area (Å²) in [5.74, 6) is 1.65. The van der Waals surface area contributed by atoms with Crippen LogP contribution in [0.4, 0.5) is 0 Å². The second-order valence-corrected chi connectivity index (χ2v) is 6.84. The first-order chi connectivity index (χ1) is 12.5. The first kappa shape index (κ1) is 15.6. The molecule has 0 N–H and O–H groups in total. The third-order valence-corrected chi connectivity index (χ3v) is 4.94. The Bertz CT molecular complexity index is 1270. The first-order valence-electron chi connectivity index (χ1n) is 7.77. The van der Waals surface area contributed by atoms with Gasteiger partial charge in [0.25, 0.3) is 0 Å². The zero-order chi connectivity index (χ0) is 18.0. The van der Waals surface area contributed by atoms with E-state index in [0.29, 0.717) is 49.4 Å². The molecular weight excluding hydrogens is 379 g/mol. The van der Waals surface area contributed by atoms with Crippen LogP contribution in [0.15, 0.2) is 44.0 Å². The minimum absolute atomic E-state index is 0.128. The SMILES string of the molecule is Cc1c(-c2cc(=O)oc3cc4c(cc23)OCO4)oc2c(Cl)cc(Cl)cc12. The van der Waals surface area contributed by atoms with Crippen LogP contribution < -0.4 is 15.1 Å². The molecule has 0 bridgehead atoms. The molecule has 0 radical (unpaired) electrons. The summed E-state index contributed by atoms with van der Waals surface area (Å²) in [6.45, 7) is 2.02. The highest BCUT2D eigenvalue weighted by Crippen LogP contribution is 2.43. The fourth-order valence-corrected chi connectivity index (χ4v) is 3.77. The van der Waals surface area contributed by atoms with Crippen LogP contribution in [0.5, 0.6) is 11.5 Å². The summed E-state index contributed by atoms with van der Waals surface area (Å²) in [4.78, 5) is 12.1. The van der Waals surface area contributed by atoms with E-state index in [9.17, 15) is 4.79 Å². The Morgan fingerprint density at radius 1 is 0.923 bits per heavy atom. The molecule has 1 aliphatic heterocycles. The highest BCUT2D eigenvalue weighted by molar-refractivity contribution is 6.38. The zero-order valence-corrected chi connectivity index (χ0v) is 14.9. The van der Waals surface area contributed by atoms with Gasteiger partial charge >= 0.3 is 5.63 Å². The average molecular weight is 389 g/mol. The van der Waals surface area contributed by atoms with E-state index in [4.69, 9.17) is 41.5 Å². The molecule has 130 valence electrons. The summed E-state index contributed by atoms with van der Waals surface area (Å²) < 4.78 is 22.1. The predicted molar refractivity (Wildman–Crippen MR) is 98.6 cm³/mol. The van der Waals surface area contributed by atoms with E-state index >= 15 is 0 Å². The lowest BCUT2D eigenvalue weighted by molar-refractivity contribution is 0.174. The minimum Gasteiger partial charge on any atom is -0.454 e. The van der Waals surface area contributed by atoms with Crippen molar-refractivity contribution in [2.75, 3.05) is 6.79 Å². The summed E-state index contributed by atoms with van der Waals surface area (Å²) in [5, 5.41) is 2.39.